The fraction of sp³-hybridized carbons (Fsp3) is 0.333. The topological polar surface area (TPSA) is 124 Å². The molecule has 0 bridgehead atoms. The van der Waals surface area contributed by atoms with Gasteiger partial charge >= 0.3 is 6.09 Å². The second kappa shape index (κ2) is 12.6. The van der Waals surface area contributed by atoms with Gasteiger partial charge in [-0.25, -0.2) is 18.0 Å². The minimum atomic E-state index is -1.07. The first kappa shape index (κ1) is 30.5. The number of primary amides is 1. The van der Waals surface area contributed by atoms with Crippen molar-refractivity contribution in [3.05, 3.63) is 89.0 Å². The van der Waals surface area contributed by atoms with Gasteiger partial charge in [0.2, 0.25) is 5.91 Å². The van der Waals surface area contributed by atoms with E-state index in [1.807, 2.05) is 0 Å². The Morgan fingerprint density at radius 2 is 1.83 bits per heavy atom. The third-order valence-corrected chi connectivity index (χ3v) is 6.45. The van der Waals surface area contributed by atoms with Crippen LogP contribution in [0.1, 0.15) is 48.4 Å². The van der Waals surface area contributed by atoms with Crippen LogP contribution in [0, 0.1) is 17.5 Å². The van der Waals surface area contributed by atoms with Gasteiger partial charge in [0.15, 0.2) is 0 Å². The Morgan fingerprint density at radius 3 is 2.50 bits per heavy atom. The van der Waals surface area contributed by atoms with Gasteiger partial charge in [0.1, 0.15) is 29.1 Å². The molecule has 12 heteroatoms. The summed E-state index contributed by atoms with van der Waals surface area (Å²) >= 11 is 0. The fourth-order valence-electron chi connectivity index (χ4n) is 4.63. The highest BCUT2D eigenvalue weighted by Gasteiger charge is 2.37. The first-order valence-corrected chi connectivity index (χ1v) is 13.2. The van der Waals surface area contributed by atoms with Crippen LogP contribution < -0.4 is 11.1 Å². The predicted octanol–water partition coefficient (Wildman–Crippen LogP) is 4.30. The number of halogens is 3. The summed E-state index contributed by atoms with van der Waals surface area (Å²) in [6, 6.07) is 7.94. The zero-order valence-electron chi connectivity index (χ0n) is 23.3. The molecular formula is C30H31F3N4O5. The number of pyridine rings is 1. The molecule has 1 aliphatic heterocycles. The van der Waals surface area contributed by atoms with Crippen molar-refractivity contribution in [3.8, 4) is 11.1 Å². The molecule has 1 aliphatic rings. The van der Waals surface area contributed by atoms with E-state index in [2.05, 4.69) is 10.3 Å². The Labute approximate surface area is 240 Å². The number of ether oxygens (including phenoxy) is 2. The summed E-state index contributed by atoms with van der Waals surface area (Å²) in [7, 11) is 0. The largest absolute Gasteiger partial charge is 0.444 e. The number of carbonyl (C=O) groups excluding carboxylic acids is 3. The number of rotatable bonds is 7. The van der Waals surface area contributed by atoms with Gasteiger partial charge in [0.25, 0.3) is 5.91 Å². The van der Waals surface area contributed by atoms with Gasteiger partial charge in [-0.2, -0.15) is 0 Å². The molecular weight excluding hydrogens is 553 g/mol. The number of nitrogens with one attached hydrogen (secondary N) is 1. The highest BCUT2D eigenvalue weighted by molar-refractivity contribution is 5.94. The summed E-state index contributed by atoms with van der Waals surface area (Å²) in [4.78, 5) is 44.1. The number of aromatic nitrogens is 1. The van der Waals surface area contributed by atoms with Crippen molar-refractivity contribution in [1.82, 2.24) is 15.2 Å². The Balaban J connectivity index is 1.74. The standard InChI is InChI=1S/C30H31F3N4O5/c1-30(2,3)42-29(40)37-9-10-41-16-25(37)28(39)36-24(13-17-11-19(31)15-20(32)12-17)26-21(5-4-8-35-26)18-6-7-23(33)22(14-18)27(34)38/h4-8,11-12,14-15,24-25H,9-10,13,16H2,1-3H3,(H2,34,38)(H,36,39). The lowest BCUT2D eigenvalue weighted by Gasteiger charge is -2.36. The number of benzene rings is 2. The quantitative estimate of drug-likeness (QED) is 0.427. The Kier molecular flexibility index (Phi) is 9.15. The monoisotopic (exact) mass is 584 g/mol. The van der Waals surface area contributed by atoms with Crippen molar-refractivity contribution in [2.45, 2.75) is 44.9 Å². The summed E-state index contributed by atoms with van der Waals surface area (Å²) in [5.74, 6) is -4.01. The van der Waals surface area contributed by atoms with E-state index >= 15 is 0 Å². The molecule has 1 aromatic heterocycles. The number of morpholine rings is 1. The van der Waals surface area contributed by atoms with Crippen LogP contribution in [-0.2, 0) is 20.7 Å². The van der Waals surface area contributed by atoms with Crippen LogP contribution in [0.3, 0.4) is 0 Å². The smallest absolute Gasteiger partial charge is 0.411 e. The van der Waals surface area contributed by atoms with E-state index in [4.69, 9.17) is 15.2 Å². The lowest BCUT2D eigenvalue weighted by Crippen LogP contribution is -2.57. The molecule has 2 unspecified atom stereocenters. The van der Waals surface area contributed by atoms with Crippen molar-refractivity contribution < 1.29 is 37.0 Å². The van der Waals surface area contributed by atoms with Crippen LogP contribution in [0.4, 0.5) is 18.0 Å². The molecule has 1 saturated heterocycles. The molecule has 42 heavy (non-hydrogen) atoms. The molecule has 0 radical (unpaired) electrons. The maximum absolute atomic E-state index is 14.2. The van der Waals surface area contributed by atoms with Gasteiger partial charge in [-0.15, -0.1) is 0 Å². The van der Waals surface area contributed by atoms with E-state index in [9.17, 15) is 27.6 Å². The van der Waals surface area contributed by atoms with E-state index in [-0.39, 0.29) is 43.0 Å². The third kappa shape index (κ3) is 7.43. The first-order chi connectivity index (χ1) is 19.8. The fourth-order valence-corrected chi connectivity index (χ4v) is 4.63. The van der Waals surface area contributed by atoms with Crippen molar-refractivity contribution in [2.75, 3.05) is 19.8 Å². The van der Waals surface area contributed by atoms with Gasteiger partial charge < -0.3 is 20.5 Å². The lowest BCUT2D eigenvalue weighted by atomic mass is 9.94. The molecule has 0 saturated carbocycles. The molecule has 3 aromatic rings. The predicted molar refractivity (Wildman–Crippen MR) is 147 cm³/mol. The summed E-state index contributed by atoms with van der Waals surface area (Å²) in [6.07, 6.45) is 0.659. The molecule has 0 spiro atoms. The minimum Gasteiger partial charge on any atom is -0.444 e. The van der Waals surface area contributed by atoms with Gasteiger partial charge in [0.05, 0.1) is 30.5 Å². The minimum absolute atomic E-state index is 0.103. The van der Waals surface area contributed by atoms with Gasteiger partial charge in [-0.1, -0.05) is 12.1 Å². The lowest BCUT2D eigenvalue weighted by molar-refractivity contribution is -0.133. The maximum atomic E-state index is 14.2. The second-order valence-electron chi connectivity index (χ2n) is 10.8. The molecule has 0 aliphatic carbocycles. The van der Waals surface area contributed by atoms with Crippen molar-refractivity contribution in [3.63, 3.8) is 0 Å². The average molecular weight is 585 g/mol. The Bertz CT molecular complexity index is 1470. The zero-order chi connectivity index (χ0) is 30.6. The van der Waals surface area contributed by atoms with Crippen molar-refractivity contribution in [1.29, 1.82) is 0 Å². The van der Waals surface area contributed by atoms with E-state index in [0.29, 0.717) is 11.1 Å². The summed E-state index contributed by atoms with van der Waals surface area (Å²) in [6.45, 7) is 5.31. The first-order valence-electron chi connectivity index (χ1n) is 13.2. The second-order valence-corrected chi connectivity index (χ2v) is 10.8. The highest BCUT2D eigenvalue weighted by atomic mass is 19.1. The molecule has 2 atom stereocenters. The number of hydrogen-bond donors (Lipinski definition) is 2. The SMILES string of the molecule is CC(C)(C)OC(=O)N1CCOCC1C(=O)NC(Cc1cc(F)cc(F)c1)c1ncccc1-c1ccc(F)c(C(N)=O)c1. The molecule has 2 heterocycles. The Hall–Kier alpha value is -4.45. The number of carbonyl (C=O) groups is 3. The summed E-state index contributed by atoms with van der Waals surface area (Å²) in [5, 5.41) is 2.86. The molecule has 3 amide bonds. The zero-order valence-corrected chi connectivity index (χ0v) is 23.3. The van der Waals surface area contributed by atoms with Gasteiger partial charge in [-0.3, -0.25) is 19.5 Å². The van der Waals surface area contributed by atoms with E-state index in [1.54, 1.807) is 32.9 Å². The van der Waals surface area contributed by atoms with Crippen LogP contribution in [-0.4, -0.2) is 59.2 Å². The van der Waals surface area contributed by atoms with Gasteiger partial charge in [0, 0.05) is 24.4 Å². The van der Waals surface area contributed by atoms with Crippen molar-refractivity contribution >= 4 is 17.9 Å². The number of nitrogens with zero attached hydrogens (tertiary/aromatic N) is 2. The molecule has 2 aromatic carbocycles. The maximum Gasteiger partial charge on any atom is 0.411 e. The highest BCUT2D eigenvalue weighted by Crippen LogP contribution is 2.31. The van der Waals surface area contributed by atoms with Crippen molar-refractivity contribution in [2.24, 2.45) is 5.73 Å². The third-order valence-electron chi connectivity index (χ3n) is 6.45. The molecule has 4 rings (SSSR count). The summed E-state index contributed by atoms with van der Waals surface area (Å²) in [5.41, 5.74) is 5.45. The van der Waals surface area contributed by atoms with Crippen LogP contribution >= 0.6 is 0 Å². The number of hydrogen-bond acceptors (Lipinski definition) is 6. The molecule has 9 nitrogen and oxygen atoms in total. The van der Waals surface area contributed by atoms with Crippen LogP contribution in [0.25, 0.3) is 11.1 Å². The number of nitrogens with two attached hydrogens (primary N) is 1. The van der Waals surface area contributed by atoms with E-state index in [1.165, 1.54) is 23.2 Å². The van der Waals surface area contributed by atoms with Crippen LogP contribution in [0.5, 0.6) is 0 Å². The Morgan fingerprint density at radius 1 is 1.12 bits per heavy atom. The van der Waals surface area contributed by atoms with Crippen LogP contribution in [0.15, 0.2) is 54.7 Å². The molecule has 3 N–H and O–H groups in total. The molecule has 222 valence electrons. The van der Waals surface area contributed by atoms with E-state index < -0.39 is 53.0 Å². The van der Waals surface area contributed by atoms with E-state index in [0.717, 1.165) is 24.3 Å². The van der Waals surface area contributed by atoms with Crippen LogP contribution in [0.2, 0.25) is 0 Å². The average Bonchev–Trinajstić information content (AvgIpc) is 2.91. The van der Waals surface area contributed by atoms with Gasteiger partial charge in [-0.05, 0) is 68.7 Å². The normalized spacial score (nSPS) is 16.0. The molecule has 1 fully saturated rings. The summed E-state index contributed by atoms with van der Waals surface area (Å²) < 4.78 is 53.4. The number of amides is 3.